The summed E-state index contributed by atoms with van der Waals surface area (Å²) in [7, 11) is 0. The van der Waals surface area contributed by atoms with Crippen molar-refractivity contribution in [1.82, 2.24) is 0 Å². The molecule has 0 saturated heterocycles. The monoisotopic (exact) mass is 238 g/mol. The average Bonchev–Trinajstić information content (AvgIpc) is 2.32. The highest BCUT2D eigenvalue weighted by Crippen LogP contribution is 2.03. The Morgan fingerprint density at radius 2 is 1.47 bits per heavy atom. The van der Waals surface area contributed by atoms with E-state index in [0.717, 1.165) is 18.2 Å². The van der Waals surface area contributed by atoms with Crippen LogP contribution < -0.4 is 0 Å². The number of hydrogen-bond donors (Lipinski definition) is 0. The topological polar surface area (TPSA) is 17.1 Å². The van der Waals surface area contributed by atoms with Crippen LogP contribution in [0.2, 0.25) is 0 Å². The van der Waals surface area contributed by atoms with Crippen molar-refractivity contribution < 1.29 is 4.79 Å². The molecular weight excluding hydrogens is 228 g/mol. The minimum atomic E-state index is 0.0666. The van der Waals surface area contributed by atoms with Gasteiger partial charge in [-0.2, -0.15) is 0 Å². The average molecular weight is 238 g/mol. The van der Waals surface area contributed by atoms with E-state index in [4.69, 9.17) is 0 Å². The van der Waals surface area contributed by atoms with Crippen molar-refractivity contribution in [1.29, 1.82) is 0 Å². The van der Waals surface area contributed by atoms with Gasteiger partial charge in [0.2, 0.25) is 5.12 Å². The number of carbonyl (C=O) groups is 1. The number of thioether (sulfide) groups is 1. The molecule has 0 aliphatic carbocycles. The number of rotatable bonds is 2. The fourth-order valence-corrected chi connectivity index (χ4v) is 1.14. The molecule has 0 aromatic heterocycles. The summed E-state index contributed by atoms with van der Waals surface area (Å²) < 4.78 is 0. The van der Waals surface area contributed by atoms with E-state index in [1.54, 1.807) is 6.92 Å². The maximum atomic E-state index is 11.0. The van der Waals surface area contributed by atoms with Gasteiger partial charge in [0.25, 0.3) is 0 Å². The third kappa shape index (κ3) is 11.7. The second-order valence-corrected chi connectivity index (χ2v) is 3.44. The summed E-state index contributed by atoms with van der Waals surface area (Å²) in [6, 6.07) is 0. The highest BCUT2D eigenvalue weighted by atomic mass is 32.2. The molecule has 0 N–H and O–H groups in total. The maximum Gasteiger partial charge on any atom is 0.201 e. The summed E-state index contributed by atoms with van der Waals surface area (Å²) in [5, 5.41) is 2.67. The van der Waals surface area contributed by atoms with Gasteiger partial charge in [-0.25, -0.2) is 0 Å². The highest BCUT2D eigenvalue weighted by molar-refractivity contribution is 8.17. The summed E-state index contributed by atoms with van der Waals surface area (Å²) in [5.41, 5.74) is 0. The lowest BCUT2D eigenvalue weighted by molar-refractivity contribution is -0.110. The van der Waals surface area contributed by atoms with Gasteiger partial charge in [-0.15, -0.1) is 0 Å². The van der Waals surface area contributed by atoms with Gasteiger partial charge in [-0.3, -0.25) is 4.79 Å². The second kappa shape index (κ2) is 11.9. The number of hydrogen-bond acceptors (Lipinski definition) is 2. The van der Waals surface area contributed by atoms with Gasteiger partial charge in [-0.1, -0.05) is 12.8 Å². The first-order valence-electron chi connectivity index (χ1n) is 4.92. The zero-order chi connectivity index (χ0) is 12.8. The minimum absolute atomic E-state index is 0.0666. The molecule has 0 rings (SSSR count). The van der Waals surface area contributed by atoms with Crippen molar-refractivity contribution in [2.24, 2.45) is 0 Å². The van der Waals surface area contributed by atoms with Crippen LogP contribution in [0.3, 0.4) is 0 Å². The molecule has 0 amide bonds. The van der Waals surface area contributed by atoms with E-state index in [1.165, 1.54) is 0 Å². The van der Waals surface area contributed by atoms with E-state index in [1.807, 2.05) is 6.92 Å². The van der Waals surface area contributed by atoms with Crippen LogP contribution in [-0.2, 0) is 4.79 Å². The SMILES string of the molecule is CC#CC#CC#CC#CC#CSC(=O)CCC. The summed E-state index contributed by atoms with van der Waals surface area (Å²) in [6.07, 6.45) is 1.38. The first-order valence-corrected chi connectivity index (χ1v) is 5.74. The van der Waals surface area contributed by atoms with Gasteiger partial charge in [-0.05, 0) is 66.0 Å². The van der Waals surface area contributed by atoms with E-state index in [9.17, 15) is 4.79 Å². The van der Waals surface area contributed by atoms with E-state index in [2.05, 4.69) is 58.5 Å². The van der Waals surface area contributed by atoms with Crippen molar-refractivity contribution in [2.45, 2.75) is 26.7 Å². The molecule has 0 atom stereocenters. The molecule has 0 radical (unpaired) electrons. The molecule has 0 bridgehead atoms. The molecule has 0 heterocycles. The van der Waals surface area contributed by atoms with Crippen LogP contribution in [0.4, 0.5) is 0 Å². The summed E-state index contributed by atoms with van der Waals surface area (Å²) >= 11 is 0.979. The predicted octanol–water partition coefficient (Wildman–Crippen LogP) is 2.04. The van der Waals surface area contributed by atoms with Gasteiger partial charge in [0, 0.05) is 18.2 Å². The largest absolute Gasteiger partial charge is 0.286 e. The van der Waals surface area contributed by atoms with Gasteiger partial charge in [0.05, 0.1) is 0 Å². The lowest BCUT2D eigenvalue weighted by Crippen LogP contribution is -1.85. The lowest BCUT2D eigenvalue weighted by Gasteiger charge is -1.86. The molecule has 0 aliphatic heterocycles. The number of carbonyl (C=O) groups excluding carboxylic acids is 1. The van der Waals surface area contributed by atoms with Crippen molar-refractivity contribution in [3.8, 4) is 58.5 Å². The van der Waals surface area contributed by atoms with Crippen LogP contribution >= 0.6 is 11.8 Å². The molecule has 0 aliphatic rings. The van der Waals surface area contributed by atoms with Crippen LogP contribution in [0, 0.1) is 58.5 Å². The Balaban J connectivity index is 4.05. The van der Waals surface area contributed by atoms with E-state index in [0.29, 0.717) is 6.42 Å². The van der Waals surface area contributed by atoms with Gasteiger partial charge in [0.15, 0.2) is 0 Å². The van der Waals surface area contributed by atoms with Crippen LogP contribution in [-0.4, -0.2) is 5.12 Å². The third-order valence-corrected chi connectivity index (χ3v) is 1.87. The molecule has 0 aromatic rings. The van der Waals surface area contributed by atoms with Crippen molar-refractivity contribution in [2.75, 3.05) is 0 Å². The summed E-state index contributed by atoms with van der Waals surface area (Å²) in [4.78, 5) is 11.0. The molecule has 0 aromatic carbocycles. The molecule has 0 spiro atoms. The normalized spacial score (nSPS) is 6.00. The molecule has 82 valence electrons. The lowest BCUT2D eigenvalue weighted by atomic mass is 10.4. The molecule has 1 nitrogen and oxygen atoms in total. The Morgan fingerprint density at radius 1 is 0.941 bits per heavy atom. The van der Waals surface area contributed by atoms with Crippen molar-refractivity contribution >= 4 is 16.9 Å². The molecule has 2 heteroatoms. The van der Waals surface area contributed by atoms with Crippen molar-refractivity contribution in [3.63, 3.8) is 0 Å². The van der Waals surface area contributed by atoms with Crippen LogP contribution in [0.5, 0.6) is 0 Å². The van der Waals surface area contributed by atoms with Crippen LogP contribution in [0.15, 0.2) is 0 Å². The molecule has 17 heavy (non-hydrogen) atoms. The van der Waals surface area contributed by atoms with E-state index >= 15 is 0 Å². The molecule has 0 saturated carbocycles. The highest BCUT2D eigenvalue weighted by Gasteiger charge is 1.95. The first-order chi connectivity index (χ1) is 8.31. The van der Waals surface area contributed by atoms with E-state index in [-0.39, 0.29) is 5.12 Å². The Bertz CT molecular complexity index is 557. The maximum absolute atomic E-state index is 11.0. The molecule has 0 fully saturated rings. The van der Waals surface area contributed by atoms with Gasteiger partial charge < -0.3 is 0 Å². The van der Waals surface area contributed by atoms with E-state index < -0.39 is 0 Å². The fraction of sp³-hybridized carbons (Fsp3) is 0.267. The van der Waals surface area contributed by atoms with Crippen LogP contribution in [0.1, 0.15) is 26.7 Å². The first kappa shape index (κ1) is 14.8. The molecular formula is C15H10OS. The third-order valence-electron chi connectivity index (χ3n) is 1.23. The Kier molecular flexibility index (Phi) is 10.4. The summed E-state index contributed by atoms with van der Waals surface area (Å²) in [6.45, 7) is 3.65. The van der Waals surface area contributed by atoms with Crippen molar-refractivity contribution in [3.05, 3.63) is 0 Å². The quantitative estimate of drug-likeness (QED) is 0.685. The minimum Gasteiger partial charge on any atom is -0.286 e. The smallest absolute Gasteiger partial charge is 0.201 e. The second-order valence-electron chi connectivity index (χ2n) is 2.58. The zero-order valence-corrected chi connectivity index (χ0v) is 10.5. The standard InChI is InChI=1S/C15H10OS/c1-3-5-6-7-8-9-10-11-12-14-17-15(16)13-4-2/h4,13H2,1-2H3. The Hall–Kier alpha value is -2.18. The van der Waals surface area contributed by atoms with Gasteiger partial charge >= 0.3 is 0 Å². The summed E-state index contributed by atoms with van der Waals surface area (Å²) in [5.74, 6) is 22.8. The van der Waals surface area contributed by atoms with Gasteiger partial charge in [0.1, 0.15) is 0 Å². The predicted molar refractivity (Wildman–Crippen MR) is 72.1 cm³/mol. The fourth-order valence-electron chi connectivity index (χ4n) is 0.613. The molecule has 0 unspecified atom stereocenters. The Labute approximate surface area is 107 Å². The zero-order valence-electron chi connectivity index (χ0n) is 9.73. The Morgan fingerprint density at radius 3 is 2.00 bits per heavy atom. The van der Waals surface area contributed by atoms with Crippen LogP contribution in [0.25, 0.3) is 0 Å².